The van der Waals surface area contributed by atoms with E-state index >= 15 is 0 Å². The van der Waals surface area contributed by atoms with Crippen molar-refractivity contribution in [3.63, 3.8) is 0 Å². The second-order valence-corrected chi connectivity index (χ2v) is 7.98. The van der Waals surface area contributed by atoms with Gasteiger partial charge in [0.15, 0.2) is 5.58 Å². The molecule has 4 aromatic carbocycles. The molecule has 0 bridgehead atoms. The highest BCUT2D eigenvalue weighted by Gasteiger charge is 2.13. The predicted octanol–water partition coefficient (Wildman–Crippen LogP) is 6.97. The molecule has 0 fully saturated rings. The Morgan fingerprint density at radius 3 is 2.76 bits per heavy atom. The first-order valence-electron chi connectivity index (χ1n) is 10.0. The molecule has 0 unspecified atom stereocenters. The Morgan fingerprint density at radius 2 is 1.94 bits per heavy atom. The van der Waals surface area contributed by atoms with Crippen molar-refractivity contribution >= 4 is 51.1 Å². The number of nitrogens with zero attached hydrogens (tertiary/aromatic N) is 3. The molecule has 1 aromatic heterocycles. The average Bonchev–Trinajstić information content (AvgIpc) is 3.22. The molecule has 0 aliphatic carbocycles. The van der Waals surface area contributed by atoms with Gasteiger partial charge in [0.05, 0.1) is 15.6 Å². The monoisotopic (exact) mass is 457 g/mol. The molecular weight excluding hydrogens is 442 g/mol. The lowest BCUT2D eigenvalue weighted by molar-refractivity contribution is -0.384. The molecule has 5 rings (SSSR count). The van der Waals surface area contributed by atoms with E-state index in [1.54, 1.807) is 30.3 Å². The van der Waals surface area contributed by atoms with E-state index in [0.717, 1.165) is 11.1 Å². The number of nitro benzene ring substituents is 1. The fourth-order valence-electron chi connectivity index (χ4n) is 3.62. The lowest BCUT2D eigenvalue weighted by Crippen LogP contribution is -1.90. The van der Waals surface area contributed by atoms with E-state index in [9.17, 15) is 15.2 Å². The minimum Gasteiger partial charge on any atom is -0.507 e. The van der Waals surface area contributed by atoms with Crippen molar-refractivity contribution in [2.45, 2.75) is 6.92 Å². The fourth-order valence-corrected chi connectivity index (χ4v) is 3.79. The largest absolute Gasteiger partial charge is 0.507 e. The van der Waals surface area contributed by atoms with Gasteiger partial charge in [0.2, 0.25) is 5.89 Å². The van der Waals surface area contributed by atoms with Gasteiger partial charge in [0.1, 0.15) is 11.3 Å². The number of aromatic nitrogens is 1. The van der Waals surface area contributed by atoms with Crippen LogP contribution in [-0.4, -0.2) is 21.2 Å². The number of benzene rings is 4. The first kappa shape index (κ1) is 20.7. The first-order chi connectivity index (χ1) is 15.9. The smallest absolute Gasteiger partial charge is 0.270 e. The Morgan fingerprint density at radius 1 is 1.09 bits per heavy atom. The van der Waals surface area contributed by atoms with Gasteiger partial charge in [-0.2, -0.15) is 0 Å². The van der Waals surface area contributed by atoms with E-state index in [4.69, 9.17) is 16.0 Å². The molecule has 0 spiro atoms. The maximum absolute atomic E-state index is 11.1. The normalized spacial score (nSPS) is 11.6. The van der Waals surface area contributed by atoms with Crippen LogP contribution in [0.25, 0.3) is 33.3 Å². The number of hydrogen-bond donors (Lipinski definition) is 1. The second-order valence-electron chi connectivity index (χ2n) is 7.58. The van der Waals surface area contributed by atoms with Crippen molar-refractivity contribution in [3.8, 4) is 17.2 Å². The zero-order valence-electron chi connectivity index (χ0n) is 17.3. The van der Waals surface area contributed by atoms with Crippen LogP contribution in [0, 0.1) is 17.0 Å². The predicted molar refractivity (Wildman–Crippen MR) is 129 cm³/mol. The number of halogens is 1. The van der Waals surface area contributed by atoms with Crippen molar-refractivity contribution in [1.29, 1.82) is 0 Å². The standard InChI is InChI=1S/C25H16ClN3O4/c1-14-2-9-24-22(10-14)28-25(33-24)16-3-7-20(26)21(12-16)27-13-19-18-6-5-17(29(31)32)11-15(18)4-8-23(19)30/h2-13,30H,1H3. The maximum atomic E-state index is 11.1. The summed E-state index contributed by atoms with van der Waals surface area (Å²) in [5.74, 6) is 0.450. The van der Waals surface area contributed by atoms with Crippen LogP contribution in [0.3, 0.4) is 0 Å². The topological polar surface area (TPSA) is 102 Å². The van der Waals surface area contributed by atoms with Gasteiger partial charge < -0.3 is 9.52 Å². The number of aryl methyl sites for hydroxylation is 1. The molecule has 162 valence electrons. The molecule has 1 N–H and O–H groups in total. The quantitative estimate of drug-likeness (QED) is 0.178. The van der Waals surface area contributed by atoms with Gasteiger partial charge >= 0.3 is 0 Å². The van der Waals surface area contributed by atoms with Gasteiger partial charge in [-0.1, -0.05) is 23.7 Å². The molecule has 0 radical (unpaired) electrons. The Hall–Kier alpha value is -4.23. The number of aromatic hydroxyl groups is 1. The Bertz CT molecular complexity index is 1590. The van der Waals surface area contributed by atoms with Crippen molar-refractivity contribution in [1.82, 2.24) is 4.98 Å². The number of fused-ring (bicyclic) bond motifs is 2. The summed E-state index contributed by atoms with van der Waals surface area (Å²) in [4.78, 5) is 19.6. The minimum atomic E-state index is -0.460. The number of nitro groups is 1. The maximum Gasteiger partial charge on any atom is 0.270 e. The molecule has 0 aliphatic heterocycles. The third-order valence-electron chi connectivity index (χ3n) is 5.30. The van der Waals surface area contributed by atoms with Gasteiger partial charge in [-0.05, 0) is 65.7 Å². The SMILES string of the molecule is Cc1ccc2oc(-c3ccc(Cl)c(N=Cc4c(O)ccc5cc([N+](=O)[O-])ccc45)c3)nc2c1. The fraction of sp³-hybridized carbons (Fsp3) is 0.0400. The van der Waals surface area contributed by atoms with Crippen molar-refractivity contribution in [3.05, 3.63) is 93.0 Å². The van der Waals surface area contributed by atoms with E-state index in [1.165, 1.54) is 24.4 Å². The van der Waals surface area contributed by atoms with Crippen LogP contribution in [0.5, 0.6) is 5.75 Å². The van der Waals surface area contributed by atoms with Crippen LogP contribution in [0.2, 0.25) is 5.02 Å². The van der Waals surface area contributed by atoms with Crippen LogP contribution in [0.1, 0.15) is 11.1 Å². The van der Waals surface area contributed by atoms with Crippen LogP contribution in [0.15, 0.2) is 76.1 Å². The Balaban J connectivity index is 1.55. The molecule has 8 heteroatoms. The van der Waals surface area contributed by atoms with E-state index in [2.05, 4.69) is 9.98 Å². The van der Waals surface area contributed by atoms with Gasteiger partial charge in [-0.3, -0.25) is 15.1 Å². The third-order valence-corrected chi connectivity index (χ3v) is 5.62. The average molecular weight is 458 g/mol. The molecule has 0 saturated carbocycles. The number of phenols is 1. The highest BCUT2D eigenvalue weighted by molar-refractivity contribution is 6.33. The van der Waals surface area contributed by atoms with Crippen molar-refractivity contribution in [2.24, 2.45) is 4.99 Å². The summed E-state index contributed by atoms with van der Waals surface area (Å²) in [6, 6.07) is 18.6. The molecule has 5 aromatic rings. The number of rotatable bonds is 4. The van der Waals surface area contributed by atoms with Crippen molar-refractivity contribution in [2.75, 3.05) is 0 Å². The van der Waals surface area contributed by atoms with Crippen LogP contribution in [-0.2, 0) is 0 Å². The van der Waals surface area contributed by atoms with Gasteiger partial charge in [-0.25, -0.2) is 4.98 Å². The highest BCUT2D eigenvalue weighted by Crippen LogP contribution is 2.34. The Kier molecular flexibility index (Phi) is 5.03. The molecule has 0 saturated heterocycles. The molecule has 0 atom stereocenters. The Labute approximate surface area is 192 Å². The van der Waals surface area contributed by atoms with E-state index in [-0.39, 0.29) is 11.4 Å². The van der Waals surface area contributed by atoms with Gasteiger partial charge in [-0.15, -0.1) is 0 Å². The molecule has 1 heterocycles. The number of hydrogen-bond acceptors (Lipinski definition) is 6. The third kappa shape index (κ3) is 3.90. The first-order valence-corrected chi connectivity index (χ1v) is 10.4. The van der Waals surface area contributed by atoms with Crippen LogP contribution in [0.4, 0.5) is 11.4 Å². The lowest BCUT2D eigenvalue weighted by Gasteiger charge is -2.06. The number of phenolic OH excluding ortho intramolecular Hbond substituents is 1. The second kappa shape index (κ2) is 8.03. The highest BCUT2D eigenvalue weighted by atomic mass is 35.5. The summed E-state index contributed by atoms with van der Waals surface area (Å²) in [5, 5.41) is 23.1. The van der Waals surface area contributed by atoms with Gasteiger partial charge in [0, 0.05) is 29.5 Å². The van der Waals surface area contributed by atoms with Crippen molar-refractivity contribution < 1.29 is 14.4 Å². The number of aliphatic imine (C=N–C) groups is 1. The molecular formula is C25H16ClN3O4. The summed E-state index contributed by atoms with van der Waals surface area (Å²) in [6.07, 6.45) is 1.49. The van der Waals surface area contributed by atoms with E-state index < -0.39 is 4.92 Å². The minimum absolute atomic E-state index is 0.00157. The molecule has 7 nitrogen and oxygen atoms in total. The van der Waals surface area contributed by atoms with E-state index in [0.29, 0.717) is 44.1 Å². The summed E-state index contributed by atoms with van der Waals surface area (Å²) in [5.41, 5.74) is 4.11. The van der Waals surface area contributed by atoms with Gasteiger partial charge in [0.25, 0.3) is 5.69 Å². The number of oxazole rings is 1. The molecule has 0 amide bonds. The van der Waals surface area contributed by atoms with Crippen LogP contribution >= 0.6 is 11.6 Å². The summed E-state index contributed by atoms with van der Waals surface area (Å²) in [6.45, 7) is 1.99. The summed E-state index contributed by atoms with van der Waals surface area (Å²) >= 11 is 6.36. The number of non-ortho nitro benzene ring substituents is 1. The van der Waals surface area contributed by atoms with E-state index in [1.807, 2.05) is 25.1 Å². The summed E-state index contributed by atoms with van der Waals surface area (Å²) in [7, 11) is 0. The summed E-state index contributed by atoms with van der Waals surface area (Å²) < 4.78 is 5.87. The molecule has 33 heavy (non-hydrogen) atoms. The van der Waals surface area contributed by atoms with Crippen LogP contribution < -0.4 is 0 Å². The lowest BCUT2D eigenvalue weighted by atomic mass is 10.0. The molecule has 0 aliphatic rings. The zero-order valence-corrected chi connectivity index (χ0v) is 18.1. The zero-order chi connectivity index (χ0) is 23.1.